The first-order valence-electron chi connectivity index (χ1n) is 5.30. The minimum Gasteiger partial charge on any atom is -0.323 e. The van der Waals surface area contributed by atoms with Crippen LogP contribution in [0, 0.1) is 4.91 Å². The smallest absolute Gasteiger partial charge is 0.169 e. The summed E-state index contributed by atoms with van der Waals surface area (Å²) < 4.78 is 0. The normalized spacial score (nSPS) is 10.6. The third kappa shape index (κ3) is 1.52. The lowest BCUT2D eigenvalue weighted by molar-refractivity contribution is 0.339. The van der Waals surface area contributed by atoms with Gasteiger partial charge in [0.2, 0.25) is 0 Å². The third-order valence-electron chi connectivity index (χ3n) is 2.87. The molecule has 0 unspecified atom stereocenters. The van der Waals surface area contributed by atoms with Crippen molar-refractivity contribution in [2.24, 2.45) is 5.34 Å². The quantitative estimate of drug-likeness (QED) is 0.373. The molecule has 0 saturated heterocycles. The van der Waals surface area contributed by atoms with E-state index in [0.29, 0.717) is 5.75 Å². The summed E-state index contributed by atoms with van der Waals surface area (Å²) in [6.45, 7) is 0. The molecule has 0 fully saturated rings. The standard InChI is InChI=1S/C14H9NO2/c16-15-17-14-9-10-5-1-2-6-11(10)12-7-3-4-8-13(12)14/h1-9H. The molecule has 0 amide bonds. The zero-order chi connectivity index (χ0) is 11.7. The lowest BCUT2D eigenvalue weighted by Gasteiger charge is -2.06. The number of nitrogens with zero attached hydrogens (tertiary/aromatic N) is 1. The predicted octanol–water partition coefficient (Wildman–Crippen LogP) is 4.05. The van der Waals surface area contributed by atoms with Gasteiger partial charge in [0, 0.05) is 5.39 Å². The average Bonchev–Trinajstić information content (AvgIpc) is 2.39. The SMILES string of the molecule is O=NOc1cc2ccccc2c2ccccc12. The van der Waals surface area contributed by atoms with Crippen LogP contribution in [0.2, 0.25) is 0 Å². The second-order valence-corrected chi connectivity index (χ2v) is 3.81. The first kappa shape index (κ1) is 9.78. The molecule has 3 heteroatoms. The van der Waals surface area contributed by atoms with Crippen molar-refractivity contribution in [3.05, 3.63) is 59.5 Å². The van der Waals surface area contributed by atoms with Gasteiger partial charge in [-0.25, -0.2) is 0 Å². The van der Waals surface area contributed by atoms with E-state index in [9.17, 15) is 4.91 Å². The van der Waals surface area contributed by atoms with Gasteiger partial charge in [-0.05, 0) is 22.2 Å². The lowest BCUT2D eigenvalue weighted by Crippen LogP contribution is -1.85. The maximum absolute atomic E-state index is 10.3. The molecular formula is C14H9NO2. The molecule has 0 spiro atoms. The van der Waals surface area contributed by atoms with Crippen LogP contribution in [0.25, 0.3) is 21.5 Å². The molecular weight excluding hydrogens is 214 g/mol. The molecule has 0 aromatic heterocycles. The number of rotatable bonds is 2. The van der Waals surface area contributed by atoms with Gasteiger partial charge >= 0.3 is 0 Å². The summed E-state index contributed by atoms with van der Waals surface area (Å²) >= 11 is 0. The van der Waals surface area contributed by atoms with E-state index in [-0.39, 0.29) is 0 Å². The molecule has 0 aliphatic carbocycles. The topological polar surface area (TPSA) is 38.7 Å². The van der Waals surface area contributed by atoms with Crippen LogP contribution in [0.15, 0.2) is 59.9 Å². The molecule has 0 N–H and O–H groups in total. The molecule has 0 saturated carbocycles. The molecule has 0 atom stereocenters. The Bertz CT molecular complexity index is 707. The van der Waals surface area contributed by atoms with Crippen molar-refractivity contribution in [2.45, 2.75) is 0 Å². The van der Waals surface area contributed by atoms with Gasteiger partial charge in [0.05, 0.1) is 0 Å². The van der Waals surface area contributed by atoms with E-state index < -0.39 is 0 Å². The highest BCUT2D eigenvalue weighted by molar-refractivity contribution is 6.10. The summed E-state index contributed by atoms with van der Waals surface area (Å²) in [6.07, 6.45) is 0. The molecule has 3 rings (SSSR count). The fraction of sp³-hybridized carbons (Fsp3) is 0. The maximum Gasteiger partial charge on any atom is 0.169 e. The molecule has 0 aliphatic rings. The second-order valence-electron chi connectivity index (χ2n) is 3.81. The Hall–Kier alpha value is -2.42. The highest BCUT2D eigenvalue weighted by atomic mass is 16.7. The number of hydrogen-bond acceptors (Lipinski definition) is 3. The van der Waals surface area contributed by atoms with E-state index >= 15 is 0 Å². The van der Waals surface area contributed by atoms with Crippen molar-refractivity contribution in [3.8, 4) is 5.75 Å². The molecule has 0 radical (unpaired) electrons. The second kappa shape index (κ2) is 3.87. The first-order chi connectivity index (χ1) is 8.40. The molecule has 0 bridgehead atoms. The van der Waals surface area contributed by atoms with Crippen LogP contribution in [-0.4, -0.2) is 0 Å². The molecule has 82 valence electrons. The third-order valence-corrected chi connectivity index (χ3v) is 2.87. The molecule has 0 aliphatic heterocycles. The van der Waals surface area contributed by atoms with E-state index in [4.69, 9.17) is 4.84 Å². The van der Waals surface area contributed by atoms with Gasteiger partial charge in [-0.3, -0.25) is 0 Å². The van der Waals surface area contributed by atoms with Gasteiger partial charge in [0.1, 0.15) is 0 Å². The van der Waals surface area contributed by atoms with Crippen molar-refractivity contribution in [3.63, 3.8) is 0 Å². The predicted molar refractivity (Wildman–Crippen MR) is 67.9 cm³/mol. The zero-order valence-corrected chi connectivity index (χ0v) is 8.96. The average molecular weight is 223 g/mol. The van der Waals surface area contributed by atoms with Crippen LogP contribution in [-0.2, 0) is 0 Å². The van der Waals surface area contributed by atoms with Crippen LogP contribution >= 0.6 is 0 Å². The maximum atomic E-state index is 10.3. The molecule has 3 nitrogen and oxygen atoms in total. The van der Waals surface area contributed by atoms with Crippen LogP contribution in [0.1, 0.15) is 0 Å². The van der Waals surface area contributed by atoms with Crippen LogP contribution in [0.4, 0.5) is 0 Å². The van der Waals surface area contributed by atoms with E-state index in [0.717, 1.165) is 21.5 Å². The summed E-state index contributed by atoms with van der Waals surface area (Å²) in [4.78, 5) is 15.1. The minimum atomic E-state index is 0.495. The van der Waals surface area contributed by atoms with Gasteiger partial charge in [-0.15, -0.1) is 4.91 Å². The Labute approximate surface area is 97.6 Å². The Morgan fingerprint density at radius 1 is 0.824 bits per heavy atom. The van der Waals surface area contributed by atoms with Crippen molar-refractivity contribution in [2.75, 3.05) is 0 Å². The van der Waals surface area contributed by atoms with Gasteiger partial charge in [-0.2, -0.15) is 0 Å². The molecule has 0 heterocycles. The van der Waals surface area contributed by atoms with Gasteiger partial charge in [-0.1, -0.05) is 48.5 Å². The molecule has 3 aromatic carbocycles. The number of hydrogen-bond donors (Lipinski definition) is 0. The fourth-order valence-corrected chi connectivity index (χ4v) is 2.14. The van der Waals surface area contributed by atoms with Crippen LogP contribution < -0.4 is 4.84 Å². The summed E-state index contributed by atoms with van der Waals surface area (Å²) in [5.74, 6) is 0.495. The Morgan fingerprint density at radius 2 is 1.47 bits per heavy atom. The Kier molecular flexibility index (Phi) is 2.22. The number of benzene rings is 3. The van der Waals surface area contributed by atoms with Crippen LogP contribution in [0.3, 0.4) is 0 Å². The number of fused-ring (bicyclic) bond motifs is 3. The van der Waals surface area contributed by atoms with E-state index in [1.54, 1.807) is 0 Å². The summed E-state index contributed by atoms with van der Waals surface area (Å²) in [5.41, 5.74) is 0. The van der Waals surface area contributed by atoms with Crippen molar-refractivity contribution < 1.29 is 4.84 Å². The zero-order valence-electron chi connectivity index (χ0n) is 8.96. The summed E-state index contributed by atoms with van der Waals surface area (Å²) in [5, 5.41) is 6.64. The first-order valence-corrected chi connectivity index (χ1v) is 5.30. The summed E-state index contributed by atoms with van der Waals surface area (Å²) in [7, 11) is 0. The fourth-order valence-electron chi connectivity index (χ4n) is 2.14. The van der Waals surface area contributed by atoms with Crippen molar-refractivity contribution >= 4 is 21.5 Å². The van der Waals surface area contributed by atoms with E-state index in [1.165, 1.54) is 0 Å². The minimum absolute atomic E-state index is 0.495. The Balaban J connectivity index is 2.49. The van der Waals surface area contributed by atoms with Crippen molar-refractivity contribution in [1.29, 1.82) is 0 Å². The Morgan fingerprint density at radius 3 is 2.24 bits per heavy atom. The summed E-state index contributed by atoms with van der Waals surface area (Å²) in [6, 6.07) is 17.6. The lowest BCUT2D eigenvalue weighted by atomic mass is 10.0. The van der Waals surface area contributed by atoms with Crippen LogP contribution in [0.5, 0.6) is 5.75 Å². The highest BCUT2D eigenvalue weighted by Crippen LogP contribution is 2.33. The van der Waals surface area contributed by atoms with Gasteiger partial charge < -0.3 is 4.84 Å². The molecule has 3 aromatic rings. The van der Waals surface area contributed by atoms with E-state index in [1.807, 2.05) is 48.5 Å². The van der Waals surface area contributed by atoms with Gasteiger partial charge in [0.15, 0.2) is 11.1 Å². The van der Waals surface area contributed by atoms with Crippen molar-refractivity contribution in [1.82, 2.24) is 0 Å². The van der Waals surface area contributed by atoms with Gasteiger partial charge in [0.25, 0.3) is 0 Å². The largest absolute Gasteiger partial charge is 0.323 e. The molecule has 17 heavy (non-hydrogen) atoms. The monoisotopic (exact) mass is 223 g/mol. The van der Waals surface area contributed by atoms with E-state index in [2.05, 4.69) is 11.4 Å². The highest BCUT2D eigenvalue weighted by Gasteiger charge is 2.07.